The average molecular weight is 354 g/mol. The smallest absolute Gasteiger partial charge is 0.128 e. The van der Waals surface area contributed by atoms with Crippen LogP contribution in [0.3, 0.4) is 0 Å². The Morgan fingerprint density at radius 2 is 1.81 bits per heavy atom. The molecule has 0 aliphatic heterocycles. The lowest BCUT2D eigenvalue weighted by molar-refractivity contribution is 0.0632. The van der Waals surface area contributed by atoms with Crippen molar-refractivity contribution < 1.29 is 9.13 Å². The minimum absolute atomic E-state index is 0.184. The number of benzene rings is 2. The number of nitrogens with two attached hydrogens (primary N) is 1. The summed E-state index contributed by atoms with van der Waals surface area (Å²) in [5.74, 6) is -0.337. The normalized spacial score (nSPS) is 13.8. The summed E-state index contributed by atoms with van der Waals surface area (Å²) >= 11 is 0. The van der Waals surface area contributed by atoms with Crippen molar-refractivity contribution in [3.05, 3.63) is 71.0 Å². The SMILES string of the molecule is Cc1ccc(F)c(C(N)(CCC(C)(C)C#N)COCc2ccccc2)c1. The van der Waals surface area contributed by atoms with E-state index < -0.39 is 11.0 Å². The summed E-state index contributed by atoms with van der Waals surface area (Å²) in [6.45, 7) is 6.24. The fourth-order valence-corrected chi connectivity index (χ4v) is 2.82. The molecule has 138 valence electrons. The zero-order valence-corrected chi connectivity index (χ0v) is 15.8. The minimum Gasteiger partial charge on any atom is -0.375 e. The van der Waals surface area contributed by atoms with Crippen LogP contribution >= 0.6 is 0 Å². The first-order chi connectivity index (χ1) is 12.3. The van der Waals surface area contributed by atoms with Gasteiger partial charge in [0.1, 0.15) is 5.82 Å². The van der Waals surface area contributed by atoms with Gasteiger partial charge in [-0.05, 0) is 45.2 Å². The number of ether oxygens (including phenoxy) is 1. The first kappa shape index (κ1) is 20.1. The van der Waals surface area contributed by atoms with Crippen LogP contribution < -0.4 is 5.73 Å². The van der Waals surface area contributed by atoms with Gasteiger partial charge in [-0.2, -0.15) is 5.26 Å². The van der Waals surface area contributed by atoms with E-state index >= 15 is 0 Å². The number of hydrogen-bond donors (Lipinski definition) is 1. The molecule has 2 N–H and O–H groups in total. The molecule has 4 heteroatoms. The summed E-state index contributed by atoms with van der Waals surface area (Å²) in [4.78, 5) is 0. The molecule has 0 fully saturated rings. The van der Waals surface area contributed by atoms with Gasteiger partial charge in [-0.1, -0.05) is 48.0 Å². The van der Waals surface area contributed by atoms with Crippen LogP contribution in [0.15, 0.2) is 48.5 Å². The van der Waals surface area contributed by atoms with Crippen molar-refractivity contribution >= 4 is 0 Å². The van der Waals surface area contributed by atoms with Gasteiger partial charge >= 0.3 is 0 Å². The van der Waals surface area contributed by atoms with Crippen molar-refractivity contribution in [2.45, 2.75) is 45.8 Å². The summed E-state index contributed by atoms with van der Waals surface area (Å²) in [7, 11) is 0. The Balaban J connectivity index is 2.20. The predicted molar refractivity (Wildman–Crippen MR) is 102 cm³/mol. The number of hydrogen-bond acceptors (Lipinski definition) is 3. The Hall–Kier alpha value is -2.22. The molecular formula is C22H27FN2O. The topological polar surface area (TPSA) is 59.0 Å². The second-order valence-electron chi connectivity index (χ2n) is 7.61. The second kappa shape index (κ2) is 8.44. The maximum absolute atomic E-state index is 14.5. The Morgan fingerprint density at radius 1 is 1.12 bits per heavy atom. The van der Waals surface area contributed by atoms with Crippen molar-refractivity contribution in [1.29, 1.82) is 5.26 Å². The summed E-state index contributed by atoms with van der Waals surface area (Å²) in [6, 6.07) is 17.0. The molecule has 26 heavy (non-hydrogen) atoms. The third kappa shape index (κ3) is 5.39. The predicted octanol–water partition coefficient (Wildman–Crippen LogP) is 4.83. The lowest BCUT2D eigenvalue weighted by Crippen LogP contribution is -2.43. The van der Waals surface area contributed by atoms with E-state index in [1.165, 1.54) is 6.07 Å². The highest BCUT2D eigenvalue weighted by atomic mass is 19.1. The molecule has 2 aromatic rings. The summed E-state index contributed by atoms with van der Waals surface area (Å²) < 4.78 is 20.4. The van der Waals surface area contributed by atoms with Gasteiger partial charge in [-0.25, -0.2) is 4.39 Å². The minimum atomic E-state index is -0.987. The van der Waals surface area contributed by atoms with Crippen molar-refractivity contribution in [2.24, 2.45) is 11.1 Å². The molecule has 1 atom stereocenters. The summed E-state index contributed by atoms with van der Waals surface area (Å²) in [6.07, 6.45) is 1.02. The molecule has 0 aliphatic rings. The van der Waals surface area contributed by atoms with Crippen molar-refractivity contribution in [1.82, 2.24) is 0 Å². The molecule has 0 saturated heterocycles. The number of halogens is 1. The first-order valence-corrected chi connectivity index (χ1v) is 8.84. The molecule has 2 rings (SSSR count). The second-order valence-corrected chi connectivity index (χ2v) is 7.61. The fourth-order valence-electron chi connectivity index (χ4n) is 2.82. The van der Waals surface area contributed by atoms with E-state index in [-0.39, 0.29) is 12.4 Å². The molecule has 0 radical (unpaired) electrons. The largest absolute Gasteiger partial charge is 0.375 e. The van der Waals surface area contributed by atoms with Crippen LogP contribution in [0.2, 0.25) is 0 Å². The molecule has 0 amide bonds. The molecule has 0 spiro atoms. The van der Waals surface area contributed by atoms with Crippen LogP contribution in [0.5, 0.6) is 0 Å². The lowest BCUT2D eigenvalue weighted by atomic mass is 9.79. The Kier molecular flexibility index (Phi) is 6.52. The number of aryl methyl sites for hydroxylation is 1. The third-order valence-electron chi connectivity index (χ3n) is 4.63. The van der Waals surface area contributed by atoms with Gasteiger partial charge in [0.25, 0.3) is 0 Å². The van der Waals surface area contributed by atoms with E-state index in [9.17, 15) is 9.65 Å². The number of nitriles is 1. The van der Waals surface area contributed by atoms with E-state index in [0.29, 0.717) is 25.0 Å². The zero-order chi connectivity index (χ0) is 19.2. The van der Waals surface area contributed by atoms with Crippen LogP contribution in [0.1, 0.15) is 43.4 Å². The first-order valence-electron chi connectivity index (χ1n) is 8.84. The third-order valence-corrected chi connectivity index (χ3v) is 4.63. The summed E-state index contributed by atoms with van der Waals surface area (Å²) in [5.41, 5.74) is 7.56. The Morgan fingerprint density at radius 3 is 2.46 bits per heavy atom. The van der Waals surface area contributed by atoms with E-state index in [0.717, 1.165) is 11.1 Å². The Bertz CT molecular complexity index is 767. The quantitative estimate of drug-likeness (QED) is 0.738. The molecule has 0 saturated carbocycles. The van der Waals surface area contributed by atoms with Crippen molar-refractivity contribution in [2.75, 3.05) is 6.61 Å². The monoisotopic (exact) mass is 354 g/mol. The van der Waals surface area contributed by atoms with Gasteiger partial charge in [-0.3, -0.25) is 0 Å². The van der Waals surface area contributed by atoms with Gasteiger partial charge in [0, 0.05) is 5.56 Å². The van der Waals surface area contributed by atoms with Gasteiger partial charge in [-0.15, -0.1) is 0 Å². The molecule has 0 aliphatic carbocycles. The maximum Gasteiger partial charge on any atom is 0.128 e. The van der Waals surface area contributed by atoms with Crippen LogP contribution in [-0.4, -0.2) is 6.61 Å². The zero-order valence-electron chi connectivity index (χ0n) is 15.8. The van der Waals surface area contributed by atoms with Crippen LogP contribution in [0.25, 0.3) is 0 Å². The Labute approximate surface area is 155 Å². The maximum atomic E-state index is 14.5. The van der Waals surface area contributed by atoms with Gasteiger partial charge in [0.05, 0.1) is 30.2 Å². The highest BCUT2D eigenvalue weighted by Gasteiger charge is 2.33. The number of nitrogens with zero attached hydrogens (tertiary/aromatic N) is 1. The molecular weight excluding hydrogens is 327 g/mol. The molecule has 0 aromatic heterocycles. The van der Waals surface area contributed by atoms with Crippen molar-refractivity contribution in [3.8, 4) is 6.07 Å². The van der Waals surface area contributed by atoms with E-state index in [1.54, 1.807) is 12.1 Å². The molecule has 0 heterocycles. The van der Waals surface area contributed by atoms with Gasteiger partial charge in [0.15, 0.2) is 0 Å². The highest BCUT2D eigenvalue weighted by molar-refractivity contribution is 5.31. The lowest BCUT2D eigenvalue weighted by Gasteiger charge is -2.32. The molecule has 3 nitrogen and oxygen atoms in total. The van der Waals surface area contributed by atoms with E-state index in [4.69, 9.17) is 10.5 Å². The van der Waals surface area contributed by atoms with Gasteiger partial charge in [0.2, 0.25) is 0 Å². The van der Waals surface area contributed by atoms with Crippen LogP contribution in [0, 0.1) is 29.5 Å². The molecule has 2 aromatic carbocycles. The van der Waals surface area contributed by atoms with Gasteiger partial charge < -0.3 is 10.5 Å². The molecule has 0 bridgehead atoms. The average Bonchev–Trinajstić information content (AvgIpc) is 2.63. The number of rotatable bonds is 8. The van der Waals surface area contributed by atoms with E-state index in [1.807, 2.05) is 51.1 Å². The fraction of sp³-hybridized carbons (Fsp3) is 0.409. The standard InChI is InChI=1S/C22H27FN2O/c1-17-9-10-20(23)19(13-17)22(25,12-11-21(2,3)15-24)16-26-14-18-7-5-4-6-8-18/h4-10,13H,11-12,14,16,25H2,1-3H3. The highest BCUT2D eigenvalue weighted by Crippen LogP contribution is 2.33. The van der Waals surface area contributed by atoms with E-state index in [2.05, 4.69) is 6.07 Å². The van der Waals surface area contributed by atoms with Crippen LogP contribution in [0.4, 0.5) is 4.39 Å². The van der Waals surface area contributed by atoms with Crippen molar-refractivity contribution in [3.63, 3.8) is 0 Å². The summed E-state index contributed by atoms with van der Waals surface area (Å²) in [5, 5.41) is 9.29. The van der Waals surface area contributed by atoms with Crippen LogP contribution in [-0.2, 0) is 16.9 Å². The molecule has 1 unspecified atom stereocenters.